The molecule has 25 heavy (non-hydrogen) atoms. The van der Waals surface area contributed by atoms with Gasteiger partial charge in [0.1, 0.15) is 17.2 Å². The summed E-state index contributed by atoms with van der Waals surface area (Å²) < 4.78 is 27.5. The molecular weight excluding hydrogens is 326 g/mol. The lowest BCUT2D eigenvalue weighted by Crippen LogP contribution is -2.33. The third-order valence-electron chi connectivity index (χ3n) is 4.30. The van der Waals surface area contributed by atoms with Gasteiger partial charge in [0, 0.05) is 6.04 Å². The highest BCUT2D eigenvalue weighted by molar-refractivity contribution is 6.09. The zero-order chi connectivity index (χ0) is 17.8. The number of carbonyl (C=O) groups is 2. The molecule has 0 heterocycles. The van der Waals surface area contributed by atoms with Crippen LogP contribution >= 0.6 is 0 Å². The van der Waals surface area contributed by atoms with Gasteiger partial charge in [-0.05, 0) is 37.1 Å². The minimum Gasteiger partial charge on any atom is -0.349 e. The van der Waals surface area contributed by atoms with Crippen molar-refractivity contribution in [2.24, 2.45) is 0 Å². The third kappa shape index (κ3) is 3.84. The summed E-state index contributed by atoms with van der Waals surface area (Å²) in [6, 6.07) is 9.73. The van der Waals surface area contributed by atoms with Crippen LogP contribution in [0.5, 0.6) is 0 Å². The standard InChI is InChI=1S/C19H18F2N2O2/c20-14-9-5-10-15(21)17(14)19(25)23-16-11-4-3-8-13(16)18(24)22-12-6-1-2-7-12/h3-5,8-12H,1-2,6-7H2,(H,22,24)(H,23,25). The molecule has 0 spiro atoms. The molecule has 0 atom stereocenters. The highest BCUT2D eigenvalue weighted by atomic mass is 19.1. The van der Waals surface area contributed by atoms with Gasteiger partial charge in [-0.15, -0.1) is 0 Å². The Kier molecular flexibility index (Phi) is 5.07. The van der Waals surface area contributed by atoms with Crippen molar-refractivity contribution < 1.29 is 18.4 Å². The number of para-hydroxylation sites is 1. The van der Waals surface area contributed by atoms with Crippen molar-refractivity contribution in [3.8, 4) is 0 Å². The summed E-state index contributed by atoms with van der Waals surface area (Å²) in [6.07, 6.45) is 4.02. The van der Waals surface area contributed by atoms with E-state index in [1.54, 1.807) is 18.2 Å². The largest absolute Gasteiger partial charge is 0.349 e. The van der Waals surface area contributed by atoms with Crippen LogP contribution in [0.4, 0.5) is 14.5 Å². The van der Waals surface area contributed by atoms with Crippen LogP contribution in [0.1, 0.15) is 46.4 Å². The fourth-order valence-electron chi connectivity index (χ4n) is 3.02. The molecule has 0 saturated heterocycles. The number of anilines is 1. The third-order valence-corrected chi connectivity index (χ3v) is 4.30. The summed E-state index contributed by atoms with van der Waals surface area (Å²) in [7, 11) is 0. The van der Waals surface area contributed by atoms with Gasteiger partial charge >= 0.3 is 0 Å². The number of benzene rings is 2. The highest BCUT2D eigenvalue weighted by Crippen LogP contribution is 2.21. The van der Waals surface area contributed by atoms with Crippen LogP contribution in [0.2, 0.25) is 0 Å². The lowest BCUT2D eigenvalue weighted by molar-refractivity contribution is 0.0938. The molecule has 0 aromatic heterocycles. The second-order valence-electron chi connectivity index (χ2n) is 6.05. The normalized spacial score (nSPS) is 14.3. The molecule has 6 heteroatoms. The highest BCUT2D eigenvalue weighted by Gasteiger charge is 2.22. The van der Waals surface area contributed by atoms with Gasteiger partial charge in [-0.2, -0.15) is 0 Å². The smallest absolute Gasteiger partial charge is 0.261 e. The fraction of sp³-hybridized carbons (Fsp3) is 0.263. The Labute approximate surface area is 144 Å². The van der Waals surface area contributed by atoms with Gasteiger partial charge in [-0.3, -0.25) is 9.59 Å². The predicted octanol–water partition coefficient (Wildman–Crippen LogP) is 3.89. The maximum Gasteiger partial charge on any atom is 0.261 e. The Hall–Kier alpha value is -2.76. The van der Waals surface area contributed by atoms with Gasteiger partial charge in [0.25, 0.3) is 11.8 Å². The van der Waals surface area contributed by atoms with Gasteiger partial charge in [0.2, 0.25) is 0 Å². The van der Waals surface area contributed by atoms with E-state index in [1.807, 2.05) is 0 Å². The van der Waals surface area contributed by atoms with Gasteiger partial charge in [-0.25, -0.2) is 8.78 Å². The first-order valence-corrected chi connectivity index (χ1v) is 8.21. The van der Waals surface area contributed by atoms with Crippen LogP contribution in [0.25, 0.3) is 0 Å². The topological polar surface area (TPSA) is 58.2 Å². The predicted molar refractivity (Wildman–Crippen MR) is 90.5 cm³/mol. The zero-order valence-electron chi connectivity index (χ0n) is 13.5. The molecule has 2 amide bonds. The van der Waals surface area contributed by atoms with E-state index < -0.39 is 23.1 Å². The number of rotatable bonds is 4. The monoisotopic (exact) mass is 344 g/mol. The van der Waals surface area contributed by atoms with Crippen molar-refractivity contribution in [2.75, 3.05) is 5.32 Å². The van der Waals surface area contributed by atoms with E-state index in [-0.39, 0.29) is 23.2 Å². The average Bonchev–Trinajstić information content (AvgIpc) is 3.08. The maximum absolute atomic E-state index is 13.8. The molecule has 4 nitrogen and oxygen atoms in total. The Bertz CT molecular complexity index is 782. The second-order valence-corrected chi connectivity index (χ2v) is 6.05. The maximum atomic E-state index is 13.8. The van der Waals surface area contributed by atoms with Crippen LogP contribution in [0.3, 0.4) is 0 Å². The number of hydrogen-bond donors (Lipinski definition) is 2. The van der Waals surface area contributed by atoms with Crippen molar-refractivity contribution in [1.82, 2.24) is 5.32 Å². The minimum absolute atomic E-state index is 0.125. The molecule has 3 rings (SSSR count). The van der Waals surface area contributed by atoms with E-state index in [0.29, 0.717) is 0 Å². The molecule has 2 aromatic rings. The summed E-state index contributed by atoms with van der Waals surface area (Å²) in [5.74, 6) is -3.15. The molecule has 0 aliphatic heterocycles. The summed E-state index contributed by atoms with van der Waals surface area (Å²) in [5.41, 5.74) is -0.196. The first-order chi connectivity index (χ1) is 12.1. The molecule has 1 aliphatic rings. The molecule has 0 bridgehead atoms. The number of halogens is 2. The van der Waals surface area contributed by atoms with E-state index in [2.05, 4.69) is 10.6 Å². The van der Waals surface area contributed by atoms with E-state index in [1.165, 1.54) is 12.1 Å². The fourth-order valence-corrected chi connectivity index (χ4v) is 3.02. The molecule has 1 saturated carbocycles. The first kappa shape index (κ1) is 17.1. The van der Waals surface area contributed by atoms with Gasteiger partial charge < -0.3 is 10.6 Å². The number of carbonyl (C=O) groups excluding carboxylic acids is 2. The quantitative estimate of drug-likeness (QED) is 0.884. The van der Waals surface area contributed by atoms with E-state index in [0.717, 1.165) is 37.8 Å². The van der Waals surface area contributed by atoms with Crippen LogP contribution in [-0.2, 0) is 0 Å². The molecule has 0 unspecified atom stereocenters. The van der Waals surface area contributed by atoms with Gasteiger partial charge in [0.15, 0.2) is 0 Å². The van der Waals surface area contributed by atoms with Crippen LogP contribution < -0.4 is 10.6 Å². The first-order valence-electron chi connectivity index (χ1n) is 8.21. The average molecular weight is 344 g/mol. The molecule has 1 aliphatic carbocycles. The van der Waals surface area contributed by atoms with E-state index in [4.69, 9.17) is 0 Å². The molecule has 1 fully saturated rings. The lowest BCUT2D eigenvalue weighted by Gasteiger charge is -2.15. The SMILES string of the molecule is O=C(NC1CCCC1)c1ccccc1NC(=O)c1c(F)cccc1F. The van der Waals surface area contributed by atoms with Crippen molar-refractivity contribution >= 4 is 17.5 Å². The molecule has 130 valence electrons. The Morgan fingerprint density at radius 3 is 2.20 bits per heavy atom. The Morgan fingerprint density at radius 2 is 1.52 bits per heavy atom. The van der Waals surface area contributed by atoms with Crippen molar-refractivity contribution in [2.45, 2.75) is 31.7 Å². The molecule has 2 N–H and O–H groups in total. The summed E-state index contributed by atoms with van der Waals surface area (Å²) >= 11 is 0. The molecular formula is C19H18F2N2O2. The number of hydrogen-bond acceptors (Lipinski definition) is 2. The van der Waals surface area contributed by atoms with Crippen molar-refractivity contribution in [3.05, 3.63) is 65.2 Å². The number of amides is 2. The van der Waals surface area contributed by atoms with Crippen molar-refractivity contribution in [3.63, 3.8) is 0 Å². The summed E-state index contributed by atoms with van der Waals surface area (Å²) in [4.78, 5) is 24.7. The van der Waals surface area contributed by atoms with Gasteiger partial charge in [0.05, 0.1) is 11.3 Å². The minimum atomic E-state index is -0.953. The van der Waals surface area contributed by atoms with E-state index >= 15 is 0 Å². The van der Waals surface area contributed by atoms with Gasteiger partial charge in [-0.1, -0.05) is 31.0 Å². The second kappa shape index (κ2) is 7.42. The zero-order valence-corrected chi connectivity index (χ0v) is 13.5. The van der Waals surface area contributed by atoms with Crippen LogP contribution in [-0.4, -0.2) is 17.9 Å². The Balaban J connectivity index is 1.81. The summed E-state index contributed by atoms with van der Waals surface area (Å²) in [6.45, 7) is 0. The van der Waals surface area contributed by atoms with Crippen molar-refractivity contribution in [1.29, 1.82) is 0 Å². The van der Waals surface area contributed by atoms with E-state index in [9.17, 15) is 18.4 Å². The van der Waals surface area contributed by atoms with Crippen LogP contribution in [0, 0.1) is 11.6 Å². The lowest BCUT2D eigenvalue weighted by atomic mass is 10.1. The number of nitrogens with one attached hydrogen (secondary N) is 2. The molecule has 0 radical (unpaired) electrons. The summed E-state index contributed by atoms with van der Waals surface area (Å²) in [5, 5.41) is 5.37. The Morgan fingerprint density at radius 1 is 0.880 bits per heavy atom. The van der Waals surface area contributed by atoms with Crippen LogP contribution in [0.15, 0.2) is 42.5 Å². The molecule has 2 aromatic carbocycles.